The number of ether oxygens (including phenoxy) is 2. The SMILES string of the molecule is CCc1ccc(OC)c(SNc2noc3cc(Cn4cc(CNC)cn4)cc(OC(F)F)c23)c1. The van der Waals surface area contributed by atoms with Gasteiger partial charge in [-0.25, -0.2) is 0 Å². The van der Waals surface area contributed by atoms with Crippen LogP contribution in [0.1, 0.15) is 23.6 Å². The predicted octanol–water partition coefficient (Wildman–Crippen LogP) is 5.08. The van der Waals surface area contributed by atoms with E-state index >= 15 is 0 Å². The van der Waals surface area contributed by atoms with Gasteiger partial charge in [-0.3, -0.25) is 4.68 Å². The number of rotatable bonds is 11. The lowest BCUT2D eigenvalue weighted by Gasteiger charge is -2.11. The normalized spacial score (nSPS) is 11.4. The summed E-state index contributed by atoms with van der Waals surface area (Å²) in [6.07, 6.45) is 4.50. The van der Waals surface area contributed by atoms with Gasteiger partial charge in [0.05, 0.1) is 24.7 Å². The molecule has 0 radical (unpaired) electrons. The van der Waals surface area contributed by atoms with E-state index in [9.17, 15) is 8.78 Å². The van der Waals surface area contributed by atoms with Crippen molar-refractivity contribution in [3.63, 3.8) is 0 Å². The quantitative estimate of drug-likeness (QED) is 0.282. The molecule has 0 spiro atoms. The molecule has 0 aliphatic rings. The van der Waals surface area contributed by atoms with E-state index in [1.807, 2.05) is 31.4 Å². The Labute approximate surface area is 199 Å². The largest absolute Gasteiger partial charge is 0.496 e. The van der Waals surface area contributed by atoms with Crippen LogP contribution in [0.15, 0.2) is 52.1 Å². The summed E-state index contributed by atoms with van der Waals surface area (Å²) in [4.78, 5) is 0.835. The Morgan fingerprint density at radius 2 is 2.00 bits per heavy atom. The molecule has 8 nitrogen and oxygen atoms in total. The van der Waals surface area contributed by atoms with Crippen LogP contribution in [0, 0.1) is 0 Å². The van der Waals surface area contributed by atoms with E-state index in [1.165, 1.54) is 11.9 Å². The maximum Gasteiger partial charge on any atom is 0.387 e. The van der Waals surface area contributed by atoms with Crippen LogP contribution in [0.4, 0.5) is 14.6 Å². The van der Waals surface area contributed by atoms with Gasteiger partial charge in [0, 0.05) is 18.3 Å². The van der Waals surface area contributed by atoms with Crippen LogP contribution in [-0.4, -0.2) is 35.7 Å². The maximum absolute atomic E-state index is 13.2. The molecule has 0 aliphatic carbocycles. The molecule has 2 aromatic carbocycles. The summed E-state index contributed by atoms with van der Waals surface area (Å²) in [5, 5.41) is 11.8. The van der Waals surface area contributed by atoms with E-state index in [4.69, 9.17) is 14.0 Å². The van der Waals surface area contributed by atoms with Crippen molar-refractivity contribution in [2.24, 2.45) is 0 Å². The van der Waals surface area contributed by atoms with Crippen LogP contribution in [0.25, 0.3) is 11.0 Å². The number of nitrogens with zero attached hydrogens (tertiary/aromatic N) is 3. The summed E-state index contributed by atoms with van der Waals surface area (Å²) in [5.41, 5.74) is 3.17. The molecule has 4 aromatic rings. The number of methoxy groups -OCH3 is 1. The smallest absolute Gasteiger partial charge is 0.387 e. The van der Waals surface area contributed by atoms with Crippen molar-refractivity contribution in [3.05, 3.63) is 59.4 Å². The monoisotopic (exact) mass is 489 g/mol. The second-order valence-corrected chi connectivity index (χ2v) is 8.34. The maximum atomic E-state index is 13.2. The first-order chi connectivity index (χ1) is 16.5. The van der Waals surface area contributed by atoms with Crippen molar-refractivity contribution in [1.29, 1.82) is 0 Å². The number of benzene rings is 2. The number of nitrogens with one attached hydrogen (secondary N) is 2. The lowest BCUT2D eigenvalue weighted by molar-refractivity contribution is -0.0488. The Hall–Kier alpha value is -3.31. The number of anilines is 1. The van der Waals surface area contributed by atoms with Crippen molar-refractivity contribution in [2.75, 3.05) is 18.9 Å². The highest BCUT2D eigenvalue weighted by molar-refractivity contribution is 8.00. The van der Waals surface area contributed by atoms with Gasteiger partial charge < -0.3 is 24.0 Å². The summed E-state index contributed by atoms with van der Waals surface area (Å²) in [6.45, 7) is 0.102. The van der Waals surface area contributed by atoms with Crippen molar-refractivity contribution in [2.45, 2.75) is 37.9 Å². The average Bonchev–Trinajstić information content (AvgIpc) is 3.44. The zero-order valence-electron chi connectivity index (χ0n) is 19.0. The van der Waals surface area contributed by atoms with Gasteiger partial charge in [0.2, 0.25) is 0 Å². The molecule has 0 amide bonds. The second kappa shape index (κ2) is 10.7. The Bertz CT molecular complexity index is 1260. The van der Waals surface area contributed by atoms with Gasteiger partial charge in [-0.15, -0.1) is 0 Å². The van der Waals surface area contributed by atoms with Crippen LogP contribution in [-0.2, 0) is 19.5 Å². The molecule has 0 fully saturated rings. The van der Waals surface area contributed by atoms with Gasteiger partial charge in [0.15, 0.2) is 11.4 Å². The van der Waals surface area contributed by atoms with E-state index in [-0.39, 0.29) is 11.6 Å². The van der Waals surface area contributed by atoms with Gasteiger partial charge in [-0.2, -0.15) is 13.9 Å². The molecule has 0 aliphatic heterocycles. The fraction of sp³-hybridized carbons (Fsp3) is 0.304. The molecule has 0 saturated heterocycles. The first kappa shape index (κ1) is 23.8. The average molecular weight is 490 g/mol. The highest BCUT2D eigenvalue weighted by Crippen LogP contribution is 2.38. The number of aryl methyl sites for hydroxylation is 1. The molecule has 0 bridgehead atoms. The minimum Gasteiger partial charge on any atom is -0.496 e. The summed E-state index contributed by atoms with van der Waals surface area (Å²) in [5.74, 6) is 0.941. The highest BCUT2D eigenvalue weighted by atomic mass is 32.2. The van der Waals surface area contributed by atoms with Crippen molar-refractivity contribution in [3.8, 4) is 11.5 Å². The standard InChI is InChI=1S/C23H25F2N5O3S/c1-4-14-5-6-17(31-3)20(9-14)34-29-22-21-18(32-23(24)25)7-15(8-19(21)33-28-22)12-30-13-16(10-26-2)11-27-30/h5-9,11,13,23,26H,4,10,12H2,1-3H3,(H,28,29). The predicted molar refractivity (Wildman–Crippen MR) is 127 cm³/mol. The van der Waals surface area contributed by atoms with Gasteiger partial charge >= 0.3 is 6.61 Å². The number of hydrogen-bond acceptors (Lipinski definition) is 8. The number of hydrogen-bond donors (Lipinski definition) is 2. The number of aromatic nitrogens is 3. The van der Waals surface area contributed by atoms with Gasteiger partial charge in [-0.05, 0) is 60.8 Å². The number of fused-ring (bicyclic) bond motifs is 1. The van der Waals surface area contributed by atoms with Crippen molar-refractivity contribution < 1.29 is 22.8 Å². The first-order valence-electron chi connectivity index (χ1n) is 10.6. The van der Waals surface area contributed by atoms with Crippen LogP contribution in [0.5, 0.6) is 11.5 Å². The molecule has 2 N–H and O–H groups in total. The Morgan fingerprint density at radius 1 is 1.15 bits per heavy atom. The third kappa shape index (κ3) is 5.42. The van der Waals surface area contributed by atoms with E-state index < -0.39 is 6.61 Å². The summed E-state index contributed by atoms with van der Waals surface area (Å²) in [6, 6.07) is 9.18. The lowest BCUT2D eigenvalue weighted by atomic mass is 10.1. The first-order valence-corrected chi connectivity index (χ1v) is 11.4. The highest BCUT2D eigenvalue weighted by Gasteiger charge is 2.19. The third-order valence-corrected chi connectivity index (χ3v) is 5.95. The van der Waals surface area contributed by atoms with E-state index in [2.05, 4.69) is 27.2 Å². The molecule has 0 atom stereocenters. The van der Waals surface area contributed by atoms with E-state index in [1.54, 1.807) is 30.1 Å². The third-order valence-electron chi connectivity index (χ3n) is 5.12. The summed E-state index contributed by atoms with van der Waals surface area (Å²) in [7, 11) is 3.44. The Morgan fingerprint density at radius 3 is 2.74 bits per heavy atom. The minimum atomic E-state index is -3.00. The fourth-order valence-electron chi connectivity index (χ4n) is 3.54. The number of halogens is 2. The fourth-order valence-corrected chi connectivity index (χ4v) is 4.35. The molecule has 4 rings (SSSR count). The van der Waals surface area contributed by atoms with Crippen LogP contribution in [0.3, 0.4) is 0 Å². The van der Waals surface area contributed by atoms with E-state index in [0.29, 0.717) is 35.4 Å². The number of alkyl halides is 2. The zero-order valence-corrected chi connectivity index (χ0v) is 19.8. The van der Waals surface area contributed by atoms with Gasteiger partial charge in [-0.1, -0.05) is 18.1 Å². The van der Waals surface area contributed by atoms with E-state index in [0.717, 1.165) is 22.4 Å². The van der Waals surface area contributed by atoms with Crippen molar-refractivity contribution >= 4 is 28.7 Å². The zero-order chi connectivity index (χ0) is 24.1. The van der Waals surface area contributed by atoms with Crippen LogP contribution >= 0.6 is 11.9 Å². The lowest BCUT2D eigenvalue weighted by Crippen LogP contribution is -2.05. The summed E-state index contributed by atoms with van der Waals surface area (Å²) < 4.78 is 47.0. The molecule has 34 heavy (non-hydrogen) atoms. The molecular weight excluding hydrogens is 464 g/mol. The molecule has 180 valence electrons. The Kier molecular flexibility index (Phi) is 7.53. The topological polar surface area (TPSA) is 86.4 Å². The van der Waals surface area contributed by atoms with Crippen molar-refractivity contribution in [1.82, 2.24) is 20.3 Å². The molecule has 11 heteroatoms. The summed E-state index contributed by atoms with van der Waals surface area (Å²) >= 11 is 1.25. The molecule has 0 saturated carbocycles. The molecule has 2 aromatic heterocycles. The molecule has 2 heterocycles. The van der Waals surface area contributed by atoms with Gasteiger partial charge in [0.1, 0.15) is 16.9 Å². The molecular formula is C23H25F2N5O3S. The second-order valence-electron chi connectivity index (χ2n) is 7.50. The minimum absolute atomic E-state index is 0.0243. The molecule has 0 unspecified atom stereocenters. The van der Waals surface area contributed by atoms with Crippen LogP contribution < -0.4 is 19.5 Å². The Balaban J connectivity index is 1.62. The van der Waals surface area contributed by atoms with Gasteiger partial charge in [0.25, 0.3) is 0 Å². The van der Waals surface area contributed by atoms with Crippen LogP contribution in [0.2, 0.25) is 0 Å².